The number of nitrogens with zero attached hydrogens (tertiary/aromatic N) is 1. The van der Waals surface area contributed by atoms with Crippen LogP contribution in [0.2, 0.25) is 5.02 Å². The van der Waals surface area contributed by atoms with Gasteiger partial charge in [-0.1, -0.05) is 30.7 Å². The van der Waals surface area contributed by atoms with Crippen LogP contribution in [0.25, 0.3) is 0 Å². The zero-order valence-electron chi connectivity index (χ0n) is 14.8. The topological polar surface area (TPSA) is 50.8 Å². The van der Waals surface area contributed by atoms with Crippen molar-refractivity contribution in [3.8, 4) is 5.75 Å². The molecule has 0 saturated carbocycles. The second kappa shape index (κ2) is 8.92. The summed E-state index contributed by atoms with van der Waals surface area (Å²) in [6.07, 6.45) is -0.0584. The fourth-order valence-corrected chi connectivity index (χ4v) is 3.00. The summed E-state index contributed by atoms with van der Waals surface area (Å²) in [6, 6.07) is 15.0. The Hall–Kier alpha value is -2.24. The molecule has 1 N–H and O–H groups in total. The third kappa shape index (κ3) is 4.68. The number of para-hydroxylation sites is 1. The van der Waals surface area contributed by atoms with Gasteiger partial charge in [0, 0.05) is 24.5 Å². The highest BCUT2D eigenvalue weighted by atomic mass is 35.5. The Morgan fingerprint density at radius 1 is 1.19 bits per heavy atom. The first-order chi connectivity index (χ1) is 12.7. The maximum atomic E-state index is 12.5. The number of ether oxygens (including phenoxy) is 2. The number of hydrogen-bond donors (Lipinski definition) is 1. The van der Waals surface area contributed by atoms with Gasteiger partial charge in [0.25, 0.3) is 5.91 Å². The summed E-state index contributed by atoms with van der Waals surface area (Å²) in [6.45, 7) is 5.17. The Kier molecular flexibility index (Phi) is 6.36. The van der Waals surface area contributed by atoms with Gasteiger partial charge >= 0.3 is 0 Å². The number of amides is 1. The lowest BCUT2D eigenvalue weighted by molar-refractivity contribution is -0.122. The zero-order chi connectivity index (χ0) is 18.4. The molecule has 0 spiro atoms. The SMILES string of the molecule is CC[C@H](Oc1ccccc1Cl)C(=O)Nc1ccc(N2CCOCC2)cc1. The second-order valence-electron chi connectivity index (χ2n) is 6.08. The van der Waals surface area contributed by atoms with Gasteiger partial charge in [-0.25, -0.2) is 0 Å². The highest BCUT2D eigenvalue weighted by molar-refractivity contribution is 6.32. The predicted molar refractivity (Wildman–Crippen MR) is 104 cm³/mol. The largest absolute Gasteiger partial charge is 0.479 e. The van der Waals surface area contributed by atoms with Crippen LogP contribution in [-0.2, 0) is 9.53 Å². The first-order valence-electron chi connectivity index (χ1n) is 8.82. The number of anilines is 2. The first kappa shape index (κ1) is 18.5. The number of morpholine rings is 1. The summed E-state index contributed by atoms with van der Waals surface area (Å²) < 4.78 is 11.2. The summed E-state index contributed by atoms with van der Waals surface area (Å²) in [7, 11) is 0. The predicted octanol–water partition coefficient (Wildman–Crippen LogP) is 3.97. The van der Waals surface area contributed by atoms with Crippen molar-refractivity contribution >= 4 is 28.9 Å². The highest BCUT2D eigenvalue weighted by Gasteiger charge is 2.20. The number of rotatable bonds is 6. The van der Waals surface area contributed by atoms with E-state index in [1.165, 1.54) is 0 Å². The van der Waals surface area contributed by atoms with Gasteiger partial charge < -0.3 is 19.7 Å². The van der Waals surface area contributed by atoms with Gasteiger partial charge in [-0.2, -0.15) is 0 Å². The van der Waals surface area contributed by atoms with Crippen LogP contribution >= 0.6 is 11.6 Å². The molecule has 1 aliphatic rings. The van der Waals surface area contributed by atoms with Crippen molar-refractivity contribution in [1.29, 1.82) is 0 Å². The molecule has 1 saturated heterocycles. The molecule has 5 nitrogen and oxygen atoms in total. The lowest BCUT2D eigenvalue weighted by atomic mass is 10.2. The smallest absolute Gasteiger partial charge is 0.265 e. The Morgan fingerprint density at radius 3 is 2.54 bits per heavy atom. The van der Waals surface area contributed by atoms with Gasteiger partial charge in [-0.3, -0.25) is 4.79 Å². The standard InChI is InChI=1S/C20H23ClN2O3/c1-2-18(26-19-6-4-3-5-17(19)21)20(24)22-15-7-9-16(10-8-15)23-11-13-25-14-12-23/h3-10,18H,2,11-14H2,1H3,(H,22,24)/t18-/m0/s1. The molecule has 0 aliphatic carbocycles. The van der Waals surface area contributed by atoms with Crippen LogP contribution in [0.4, 0.5) is 11.4 Å². The minimum Gasteiger partial charge on any atom is -0.479 e. The van der Waals surface area contributed by atoms with Crippen molar-refractivity contribution in [1.82, 2.24) is 0 Å². The summed E-state index contributed by atoms with van der Waals surface area (Å²) in [5.74, 6) is 0.324. The maximum absolute atomic E-state index is 12.5. The van der Waals surface area contributed by atoms with Gasteiger partial charge in [0.2, 0.25) is 0 Å². The molecule has 1 fully saturated rings. The number of carbonyl (C=O) groups excluding carboxylic acids is 1. The molecular weight excluding hydrogens is 352 g/mol. The van der Waals surface area contributed by atoms with Crippen molar-refractivity contribution in [2.75, 3.05) is 36.5 Å². The molecule has 1 heterocycles. The molecule has 2 aromatic carbocycles. The summed E-state index contributed by atoms with van der Waals surface area (Å²) in [4.78, 5) is 14.8. The van der Waals surface area contributed by atoms with Crippen molar-refractivity contribution in [2.24, 2.45) is 0 Å². The number of carbonyl (C=O) groups is 1. The third-order valence-corrected chi connectivity index (χ3v) is 4.59. The molecule has 3 rings (SSSR count). The zero-order valence-corrected chi connectivity index (χ0v) is 15.5. The molecule has 1 amide bonds. The van der Waals surface area contributed by atoms with Crippen LogP contribution in [0.15, 0.2) is 48.5 Å². The molecule has 6 heteroatoms. The average molecular weight is 375 g/mol. The third-order valence-electron chi connectivity index (χ3n) is 4.28. The van der Waals surface area contributed by atoms with E-state index >= 15 is 0 Å². The molecule has 0 unspecified atom stereocenters. The number of benzene rings is 2. The van der Waals surface area contributed by atoms with Crippen LogP contribution in [0, 0.1) is 0 Å². The lowest BCUT2D eigenvalue weighted by Crippen LogP contribution is -2.36. The van der Waals surface area contributed by atoms with E-state index in [1.807, 2.05) is 43.3 Å². The van der Waals surface area contributed by atoms with E-state index in [-0.39, 0.29) is 5.91 Å². The van der Waals surface area contributed by atoms with E-state index in [4.69, 9.17) is 21.1 Å². The Labute approximate surface area is 158 Å². The normalized spacial score (nSPS) is 15.4. The van der Waals surface area contributed by atoms with Crippen LogP contribution in [0.3, 0.4) is 0 Å². The number of nitrogens with one attached hydrogen (secondary N) is 1. The molecular formula is C20H23ClN2O3. The van der Waals surface area contributed by atoms with E-state index in [0.29, 0.717) is 17.2 Å². The molecule has 0 aromatic heterocycles. The fourth-order valence-electron chi connectivity index (χ4n) is 2.82. The van der Waals surface area contributed by atoms with Crippen LogP contribution in [0.5, 0.6) is 5.75 Å². The monoisotopic (exact) mass is 374 g/mol. The Balaban J connectivity index is 1.61. The van der Waals surface area contributed by atoms with Gasteiger partial charge in [-0.05, 0) is 42.8 Å². The van der Waals surface area contributed by atoms with Crippen molar-refractivity contribution < 1.29 is 14.3 Å². The Bertz CT molecular complexity index is 730. The molecule has 26 heavy (non-hydrogen) atoms. The molecule has 0 radical (unpaired) electrons. The van der Waals surface area contributed by atoms with E-state index in [0.717, 1.165) is 37.7 Å². The van der Waals surface area contributed by atoms with Gasteiger partial charge in [0.15, 0.2) is 6.10 Å². The Morgan fingerprint density at radius 2 is 1.88 bits per heavy atom. The number of hydrogen-bond acceptors (Lipinski definition) is 4. The van der Waals surface area contributed by atoms with E-state index in [1.54, 1.807) is 12.1 Å². The van der Waals surface area contributed by atoms with Gasteiger partial charge in [-0.15, -0.1) is 0 Å². The van der Waals surface area contributed by atoms with E-state index in [9.17, 15) is 4.79 Å². The quantitative estimate of drug-likeness (QED) is 0.831. The number of halogens is 1. The van der Waals surface area contributed by atoms with Gasteiger partial charge in [0.05, 0.1) is 18.2 Å². The fraction of sp³-hybridized carbons (Fsp3) is 0.350. The minimum atomic E-state index is -0.603. The molecule has 0 bridgehead atoms. The van der Waals surface area contributed by atoms with Crippen LogP contribution in [0.1, 0.15) is 13.3 Å². The molecule has 1 atom stereocenters. The van der Waals surface area contributed by atoms with Crippen molar-refractivity contribution in [2.45, 2.75) is 19.4 Å². The summed E-state index contributed by atoms with van der Waals surface area (Å²) >= 11 is 6.11. The maximum Gasteiger partial charge on any atom is 0.265 e. The highest BCUT2D eigenvalue weighted by Crippen LogP contribution is 2.25. The first-order valence-corrected chi connectivity index (χ1v) is 9.20. The van der Waals surface area contributed by atoms with Crippen molar-refractivity contribution in [3.05, 3.63) is 53.6 Å². The minimum absolute atomic E-state index is 0.188. The second-order valence-corrected chi connectivity index (χ2v) is 6.49. The lowest BCUT2D eigenvalue weighted by Gasteiger charge is -2.29. The van der Waals surface area contributed by atoms with Crippen molar-refractivity contribution in [3.63, 3.8) is 0 Å². The average Bonchev–Trinajstić information content (AvgIpc) is 2.68. The van der Waals surface area contributed by atoms with Gasteiger partial charge in [0.1, 0.15) is 5.75 Å². The van der Waals surface area contributed by atoms with E-state index in [2.05, 4.69) is 10.2 Å². The summed E-state index contributed by atoms with van der Waals surface area (Å²) in [5, 5.41) is 3.41. The molecule has 1 aliphatic heterocycles. The van der Waals surface area contributed by atoms with Crippen LogP contribution in [-0.4, -0.2) is 38.3 Å². The van der Waals surface area contributed by atoms with Crippen LogP contribution < -0.4 is 15.0 Å². The molecule has 138 valence electrons. The van der Waals surface area contributed by atoms with E-state index < -0.39 is 6.10 Å². The summed E-state index contributed by atoms with van der Waals surface area (Å²) in [5.41, 5.74) is 1.87. The molecule has 2 aromatic rings.